The second kappa shape index (κ2) is 7.05. The first-order chi connectivity index (χ1) is 10.0. The van der Waals surface area contributed by atoms with E-state index in [0.29, 0.717) is 4.99 Å². The van der Waals surface area contributed by atoms with Crippen molar-refractivity contribution in [2.24, 2.45) is 11.1 Å². The molecule has 1 heterocycles. The number of nitrogens with two attached hydrogens (primary N) is 1. The molecule has 1 amide bonds. The van der Waals surface area contributed by atoms with E-state index in [4.69, 9.17) is 18.0 Å². The minimum atomic E-state index is -0.566. The van der Waals surface area contributed by atoms with Gasteiger partial charge in [-0.25, -0.2) is 0 Å². The molecule has 1 saturated carbocycles. The van der Waals surface area contributed by atoms with Gasteiger partial charge in [-0.2, -0.15) is 0 Å². The average Bonchev–Trinajstić information content (AvgIpc) is 2.68. The Morgan fingerprint density at radius 3 is 2.48 bits per heavy atom. The summed E-state index contributed by atoms with van der Waals surface area (Å²) in [5.74, 6) is 0.205. The zero-order valence-electron chi connectivity index (χ0n) is 13.4. The molecule has 0 aromatic heterocycles. The van der Waals surface area contributed by atoms with Gasteiger partial charge < -0.3 is 15.5 Å². The highest BCUT2D eigenvalue weighted by molar-refractivity contribution is 7.80. The lowest BCUT2D eigenvalue weighted by Gasteiger charge is -2.41. The molecule has 120 valence electrons. The van der Waals surface area contributed by atoms with Crippen LogP contribution in [0.2, 0.25) is 0 Å². The number of amides is 1. The van der Waals surface area contributed by atoms with Crippen LogP contribution in [0.5, 0.6) is 0 Å². The van der Waals surface area contributed by atoms with Gasteiger partial charge in [0.15, 0.2) is 0 Å². The van der Waals surface area contributed by atoms with Crippen LogP contribution in [-0.2, 0) is 4.79 Å². The van der Waals surface area contributed by atoms with Crippen LogP contribution in [0.4, 0.5) is 0 Å². The summed E-state index contributed by atoms with van der Waals surface area (Å²) in [4.78, 5) is 18.1. The molecule has 4 nitrogen and oxygen atoms in total. The van der Waals surface area contributed by atoms with Crippen LogP contribution in [0.1, 0.15) is 51.9 Å². The maximum atomic E-state index is 13.3. The van der Waals surface area contributed by atoms with Gasteiger partial charge in [-0.15, -0.1) is 0 Å². The third-order valence-corrected chi connectivity index (χ3v) is 5.61. The van der Waals surface area contributed by atoms with Gasteiger partial charge in [0.2, 0.25) is 5.91 Å². The number of rotatable bonds is 3. The highest BCUT2D eigenvalue weighted by Gasteiger charge is 2.46. The Morgan fingerprint density at radius 2 is 1.90 bits per heavy atom. The van der Waals surface area contributed by atoms with Gasteiger partial charge >= 0.3 is 0 Å². The third kappa shape index (κ3) is 3.39. The van der Waals surface area contributed by atoms with Gasteiger partial charge in [-0.1, -0.05) is 38.4 Å². The summed E-state index contributed by atoms with van der Waals surface area (Å²) in [5, 5.41) is 0. The van der Waals surface area contributed by atoms with Gasteiger partial charge in [0.25, 0.3) is 0 Å². The SMILES string of the molecule is CCC1CN(C)CCCN1C(=O)C1(C(N)=S)CCCCC1. The molecule has 0 radical (unpaired) electrons. The number of nitrogens with zero attached hydrogens (tertiary/aromatic N) is 2. The molecule has 1 atom stereocenters. The van der Waals surface area contributed by atoms with Gasteiger partial charge in [0.1, 0.15) is 0 Å². The van der Waals surface area contributed by atoms with E-state index in [-0.39, 0.29) is 11.9 Å². The normalized spacial score (nSPS) is 27.1. The van der Waals surface area contributed by atoms with Gasteiger partial charge in [0.05, 0.1) is 10.4 Å². The van der Waals surface area contributed by atoms with Crippen LogP contribution in [-0.4, -0.2) is 53.4 Å². The maximum Gasteiger partial charge on any atom is 0.235 e. The van der Waals surface area contributed by atoms with Crippen molar-refractivity contribution in [3.8, 4) is 0 Å². The topological polar surface area (TPSA) is 49.6 Å². The first-order valence-electron chi connectivity index (χ1n) is 8.31. The molecule has 1 unspecified atom stereocenters. The van der Waals surface area contributed by atoms with Crippen LogP contribution in [0.15, 0.2) is 0 Å². The van der Waals surface area contributed by atoms with E-state index in [2.05, 4.69) is 23.8 Å². The molecule has 1 aliphatic carbocycles. The van der Waals surface area contributed by atoms with Crippen molar-refractivity contribution < 1.29 is 4.79 Å². The molecular formula is C16H29N3OS. The first-order valence-corrected chi connectivity index (χ1v) is 8.71. The van der Waals surface area contributed by atoms with E-state index < -0.39 is 5.41 Å². The standard InChI is InChI=1S/C16H29N3OS/c1-3-13-12-18(2)10-7-11-19(13)15(20)16(14(17)21)8-5-4-6-9-16/h13H,3-12H2,1-2H3,(H2,17,21). The molecule has 0 aromatic rings. The van der Waals surface area contributed by atoms with Crippen LogP contribution < -0.4 is 5.73 Å². The predicted molar refractivity (Wildman–Crippen MR) is 90.2 cm³/mol. The molecule has 2 aliphatic rings. The van der Waals surface area contributed by atoms with E-state index in [1.54, 1.807) is 0 Å². The highest BCUT2D eigenvalue weighted by Crippen LogP contribution is 2.39. The summed E-state index contributed by atoms with van der Waals surface area (Å²) >= 11 is 5.33. The Balaban J connectivity index is 2.24. The van der Waals surface area contributed by atoms with E-state index >= 15 is 0 Å². The van der Waals surface area contributed by atoms with Crippen LogP contribution >= 0.6 is 12.2 Å². The Kier molecular flexibility index (Phi) is 5.60. The van der Waals surface area contributed by atoms with E-state index in [1.165, 1.54) is 6.42 Å². The number of hydrogen-bond donors (Lipinski definition) is 1. The molecule has 2 fully saturated rings. The highest BCUT2D eigenvalue weighted by atomic mass is 32.1. The molecule has 0 spiro atoms. The fourth-order valence-electron chi connectivity index (χ4n) is 3.86. The van der Waals surface area contributed by atoms with Crippen LogP contribution in [0.25, 0.3) is 0 Å². The quantitative estimate of drug-likeness (QED) is 0.812. The number of likely N-dealkylation sites (N-methyl/N-ethyl adjacent to an activating group) is 1. The molecular weight excluding hydrogens is 282 g/mol. The third-order valence-electron chi connectivity index (χ3n) is 5.22. The summed E-state index contributed by atoms with van der Waals surface area (Å²) in [6.07, 6.45) is 7.02. The number of hydrogen-bond acceptors (Lipinski definition) is 3. The van der Waals surface area contributed by atoms with E-state index in [0.717, 1.165) is 58.2 Å². The Bertz CT molecular complexity index is 393. The fourth-order valence-corrected chi connectivity index (χ4v) is 4.15. The van der Waals surface area contributed by atoms with Gasteiger partial charge in [-0.05, 0) is 39.3 Å². The maximum absolute atomic E-state index is 13.3. The van der Waals surface area contributed by atoms with Gasteiger partial charge in [-0.3, -0.25) is 4.79 Å². The summed E-state index contributed by atoms with van der Waals surface area (Å²) in [6, 6.07) is 0.290. The second-order valence-corrected chi connectivity index (χ2v) is 7.12. The smallest absolute Gasteiger partial charge is 0.235 e. The van der Waals surface area contributed by atoms with Crippen LogP contribution in [0, 0.1) is 5.41 Å². The lowest BCUT2D eigenvalue weighted by atomic mass is 9.72. The van der Waals surface area contributed by atoms with E-state index in [1.807, 2.05) is 0 Å². The summed E-state index contributed by atoms with van der Waals surface area (Å²) in [6.45, 7) is 5.01. The molecule has 2 N–H and O–H groups in total. The predicted octanol–water partition coefficient (Wildman–Crippen LogP) is 2.17. The fraction of sp³-hybridized carbons (Fsp3) is 0.875. The minimum absolute atomic E-state index is 0.205. The molecule has 0 aromatic carbocycles. The molecule has 5 heteroatoms. The van der Waals surface area contributed by atoms with Crippen LogP contribution in [0.3, 0.4) is 0 Å². The first kappa shape index (κ1) is 16.7. The summed E-state index contributed by atoms with van der Waals surface area (Å²) < 4.78 is 0. The monoisotopic (exact) mass is 311 g/mol. The van der Waals surface area contributed by atoms with Crippen molar-refractivity contribution in [3.63, 3.8) is 0 Å². The van der Waals surface area contributed by atoms with Crippen molar-refractivity contribution in [3.05, 3.63) is 0 Å². The Hall–Kier alpha value is -0.680. The second-order valence-electron chi connectivity index (χ2n) is 6.68. The number of carbonyl (C=O) groups is 1. The minimum Gasteiger partial charge on any atom is -0.392 e. The number of thiocarbonyl (C=S) groups is 1. The average molecular weight is 311 g/mol. The van der Waals surface area contributed by atoms with Crippen molar-refractivity contribution >= 4 is 23.1 Å². The zero-order valence-corrected chi connectivity index (χ0v) is 14.3. The molecule has 1 aliphatic heterocycles. The summed E-state index contributed by atoms with van der Waals surface area (Å²) in [7, 11) is 2.14. The number of carbonyl (C=O) groups excluding carboxylic acids is 1. The largest absolute Gasteiger partial charge is 0.392 e. The Morgan fingerprint density at radius 1 is 1.24 bits per heavy atom. The lowest BCUT2D eigenvalue weighted by molar-refractivity contribution is -0.142. The summed E-state index contributed by atoms with van der Waals surface area (Å²) in [5.41, 5.74) is 5.47. The molecule has 1 saturated heterocycles. The zero-order chi connectivity index (χ0) is 15.5. The van der Waals surface area contributed by atoms with Crippen molar-refractivity contribution in [1.29, 1.82) is 0 Å². The molecule has 21 heavy (non-hydrogen) atoms. The lowest BCUT2D eigenvalue weighted by Crippen LogP contribution is -2.55. The van der Waals surface area contributed by atoms with Crippen molar-refractivity contribution in [1.82, 2.24) is 9.80 Å². The molecule has 0 bridgehead atoms. The van der Waals surface area contributed by atoms with Gasteiger partial charge in [0, 0.05) is 19.1 Å². The molecule has 2 rings (SSSR count). The Labute approximate surface area is 134 Å². The van der Waals surface area contributed by atoms with Crippen molar-refractivity contribution in [2.45, 2.75) is 57.9 Å². The van der Waals surface area contributed by atoms with E-state index in [9.17, 15) is 4.79 Å². The van der Waals surface area contributed by atoms with Crippen molar-refractivity contribution in [2.75, 3.05) is 26.7 Å².